The van der Waals surface area contributed by atoms with Crippen LogP contribution < -0.4 is 5.32 Å². The van der Waals surface area contributed by atoms with E-state index in [-0.39, 0.29) is 17.9 Å². The van der Waals surface area contributed by atoms with Gasteiger partial charge in [0.25, 0.3) is 0 Å². The van der Waals surface area contributed by atoms with Gasteiger partial charge in [-0.2, -0.15) is 4.31 Å². The summed E-state index contributed by atoms with van der Waals surface area (Å²) >= 11 is 0. The summed E-state index contributed by atoms with van der Waals surface area (Å²) in [5, 5.41) is 2.97. The van der Waals surface area contributed by atoms with Gasteiger partial charge in [0.05, 0.1) is 4.90 Å². The Hall–Kier alpha value is -1.40. The first-order valence-electron chi connectivity index (χ1n) is 8.27. The van der Waals surface area contributed by atoms with Gasteiger partial charge in [0.1, 0.15) is 0 Å². The van der Waals surface area contributed by atoms with E-state index in [1.54, 1.807) is 12.1 Å². The Morgan fingerprint density at radius 3 is 2.52 bits per heavy atom. The van der Waals surface area contributed by atoms with E-state index in [4.69, 9.17) is 0 Å². The summed E-state index contributed by atoms with van der Waals surface area (Å²) in [6.45, 7) is 5.05. The van der Waals surface area contributed by atoms with Gasteiger partial charge in [0, 0.05) is 25.6 Å². The highest BCUT2D eigenvalue weighted by molar-refractivity contribution is 7.89. The zero-order valence-corrected chi connectivity index (χ0v) is 14.5. The summed E-state index contributed by atoms with van der Waals surface area (Å²) in [6.07, 6.45) is 2.29. The van der Waals surface area contributed by atoms with Gasteiger partial charge < -0.3 is 5.32 Å². The van der Waals surface area contributed by atoms with Crippen molar-refractivity contribution < 1.29 is 13.2 Å². The highest BCUT2D eigenvalue weighted by Crippen LogP contribution is 2.30. The number of nitrogens with zero attached hydrogens (tertiary/aromatic N) is 1. The number of rotatable bonds is 3. The maximum Gasteiger partial charge on any atom is 0.243 e. The molecule has 2 atom stereocenters. The normalized spacial score (nSPS) is 26.0. The highest BCUT2D eigenvalue weighted by Gasteiger charge is 2.40. The average Bonchev–Trinajstić information content (AvgIpc) is 2.83. The van der Waals surface area contributed by atoms with Crippen molar-refractivity contribution in [2.45, 2.75) is 50.0 Å². The van der Waals surface area contributed by atoms with Crippen molar-refractivity contribution >= 4 is 15.9 Å². The van der Waals surface area contributed by atoms with Gasteiger partial charge in [0.15, 0.2) is 0 Å². The first kappa shape index (κ1) is 16.5. The number of sulfonamides is 1. The SMILES string of the molecule is CC(C)c1ccc(S(=O)(=O)N2C[C@H]3CCCC(=O)N[C@H]3C2)cc1. The van der Waals surface area contributed by atoms with E-state index < -0.39 is 10.0 Å². The molecule has 2 aliphatic heterocycles. The summed E-state index contributed by atoms with van der Waals surface area (Å²) in [7, 11) is -3.49. The topological polar surface area (TPSA) is 66.5 Å². The molecule has 3 rings (SSSR count). The van der Waals surface area contributed by atoms with Crippen molar-refractivity contribution in [3.63, 3.8) is 0 Å². The van der Waals surface area contributed by atoms with Gasteiger partial charge in [-0.1, -0.05) is 26.0 Å². The predicted octanol–water partition coefficient (Wildman–Crippen LogP) is 2.10. The van der Waals surface area contributed by atoms with E-state index in [0.29, 0.717) is 30.3 Å². The summed E-state index contributed by atoms with van der Waals surface area (Å²) in [5.41, 5.74) is 1.13. The minimum atomic E-state index is -3.49. The molecule has 0 saturated carbocycles. The minimum Gasteiger partial charge on any atom is -0.352 e. The van der Waals surface area contributed by atoms with E-state index in [0.717, 1.165) is 18.4 Å². The van der Waals surface area contributed by atoms with Gasteiger partial charge in [0.2, 0.25) is 15.9 Å². The molecule has 0 radical (unpaired) electrons. The van der Waals surface area contributed by atoms with Crippen molar-refractivity contribution in [2.75, 3.05) is 13.1 Å². The van der Waals surface area contributed by atoms with Crippen LogP contribution in [0.15, 0.2) is 29.2 Å². The Morgan fingerprint density at radius 1 is 1.17 bits per heavy atom. The quantitative estimate of drug-likeness (QED) is 0.919. The Labute approximate surface area is 138 Å². The van der Waals surface area contributed by atoms with Gasteiger partial charge >= 0.3 is 0 Å². The third kappa shape index (κ3) is 3.28. The van der Waals surface area contributed by atoms with E-state index in [2.05, 4.69) is 19.2 Å². The lowest BCUT2D eigenvalue weighted by Crippen LogP contribution is -2.39. The fraction of sp³-hybridized carbons (Fsp3) is 0.588. The number of nitrogens with one attached hydrogen (secondary N) is 1. The first-order chi connectivity index (χ1) is 10.9. The van der Waals surface area contributed by atoms with Crippen molar-refractivity contribution in [1.29, 1.82) is 0 Å². The monoisotopic (exact) mass is 336 g/mol. The van der Waals surface area contributed by atoms with Crippen molar-refractivity contribution in [2.24, 2.45) is 5.92 Å². The molecular formula is C17H24N2O3S. The molecule has 0 aliphatic carbocycles. The summed E-state index contributed by atoms with van der Waals surface area (Å²) in [5.74, 6) is 0.643. The standard InChI is InChI=1S/C17H24N2O3S/c1-12(2)13-6-8-15(9-7-13)23(21,22)19-10-14-4-3-5-17(20)18-16(14)11-19/h6-9,12,14,16H,3-5,10-11H2,1-2H3,(H,18,20)/t14-,16+/m1/s1. The second-order valence-electron chi connectivity index (χ2n) is 6.87. The molecular weight excluding hydrogens is 312 g/mol. The number of fused-ring (bicyclic) bond motifs is 1. The molecule has 2 saturated heterocycles. The maximum absolute atomic E-state index is 12.8. The van der Waals surface area contributed by atoms with Crippen LogP contribution in [0.1, 0.15) is 44.6 Å². The third-order valence-corrected chi connectivity index (χ3v) is 6.76. The number of carbonyl (C=O) groups is 1. The van der Waals surface area contributed by atoms with Crippen LogP contribution in [-0.4, -0.2) is 37.8 Å². The number of benzene rings is 1. The van der Waals surface area contributed by atoms with Crippen LogP contribution in [0.25, 0.3) is 0 Å². The molecule has 2 aliphatic rings. The molecule has 2 heterocycles. The lowest BCUT2D eigenvalue weighted by molar-refractivity contribution is -0.121. The molecule has 0 spiro atoms. The number of hydrogen-bond donors (Lipinski definition) is 1. The van der Waals surface area contributed by atoms with Crippen LogP contribution in [0.4, 0.5) is 0 Å². The summed E-state index contributed by atoms with van der Waals surface area (Å²) in [6, 6.07) is 7.10. The van der Waals surface area contributed by atoms with Gasteiger partial charge in [-0.05, 0) is 42.4 Å². The van der Waals surface area contributed by atoms with Crippen LogP contribution in [0.5, 0.6) is 0 Å². The highest BCUT2D eigenvalue weighted by atomic mass is 32.2. The molecule has 1 aromatic rings. The van der Waals surface area contributed by atoms with E-state index in [9.17, 15) is 13.2 Å². The lowest BCUT2D eigenvalue weighted by atomic mass is 9.99. The smallest absolute Gasteiger partial charge is 0.243 e. The fourth-order valence-electron chi connectivity index (χ4n) is 3.46. The molecule has 126 valence electrons. The Kier molecular flexibility index (Phi) is 4.47. The van der Waals surface area contributed by atoms with Crippen molar-refractivity contribution in [3.05, 3.63) is 29.8 Å². The minimum absolute atomic E-state index is 0.0398. The van der Waals surface area contributed by atoms with E-state index in [1.165, 1.54) is 4.31 Å². The van der Waals surface area contributed by atoms with Crippen LogP contribution in [-0.2, 0) is 14.8 Å². The van der Waals surface area contributed by atoms with Crippen molar-refractivity contribution in [1.82, 2.24) is 9.62 Å². The Balaban J connectivity index is 1.79. The molecule has 23 heavy (non-hydrogen) atoms. The average molecular weight is 336 g/mol. The first-order valence-corrected chi connectivity index (χ1v) is 9.71. The van der Waals surface area contributed by atoms with Gasteiger partial charge in [-0.15, -0.1) is 0 Å². The largest absolute Gasteiger partial charge is 0.352 e. The van der Waals surface area contributed by atoms with Gasteiger partial charge in [-0.25, -0.2) is 8.42 Å². The molecule has 5 nitrogen and oxygen atoms in total. The predicted molar refractivity (Wildman–Crippen MR) is 88.6 cm³/mol. The number of hydrogen-bond acceptors (Lipinski definition) is 3. The zero-order valence-electron chi connectivity index (χ0n) is 13.7. The summed E-state index contributed by atoms with van der Waals surface area (Å²) < 4.78 is 27.2. The van der Waals surface area contributed by atoms with Crippen LogP contribution in [0, 0.1) is 5.92 Å². The number of amides is 1. The second-order valence-corrected chi connectivity index (χ2v) is 8.81. The third-order valence-electron chi connectivity index (χ3n) is 4.92. The molecule has 0 unspecified atom stereocenters. The van der Waals surface area contributed by atoms with E-state index >= 15 is 0 Å². The second kappa shape index (κ2) is 6.24. The molecule has 2 fully saturated rings. The molecule has 0 aromatic heterocycles. The lowest BCUT2D eigenvalue weighted by Gasteiger charge is -2.17. The molecule has 1 amide bonds. The zero-order chi connectivity index (χ0) is 16.6. The van der Waals surface area contributed by atoms with Crippen LogP contribution in [0.3, 0.4) is 0 Å². The van der Waals surface area contributed by atoms with Crippen LogP contribution >= 0.6 is 0 Å². The van der Waals surface area contributed by atoms with Gasteiger partial charge in [-0.3, -0.25) is 4.79 Å². The van der Waals surface area contributed by atoms with E-state index in [1.807, 2.05) is 12.1 Å². The molecule has 6 heteroatoms. The summed E-state index contributed by atoms with van der Waals surface area (Å²) in [4.78, 5) is 12.0. The fourth-order valence-corrected chi connectivity index (χ4v) is 4.98. The maximum atomic E-state index is 12.8. The Morgan fingerprint density at radius 2 is 1.87 bits per heavy atom. The Bertz CT molecular complexity index is 682. The molecule has 1 N–H and O–H groups in total. The number of carbonyl (C=O) groups excluding carboxylic acids is 1. The van der Waals surface area contributed by atoms with Crippen LogP contribution in [0.2, 0.25) is 0 Å². The molecule has 0 bridgehead atoms. The van der Waals surface area contributed by atoms with Crippen molar-refractivity contribution in [3.8, 4) is 0 Å². The molecule has 1 aromatic carbocycles.